The van der Waals surface area contributed by atoms with E-state index in [9.17, 15) is 0 Å². The van der Waals surface area contributed by atoms with Crippen LogP contribution in [0.3, 0.4) is 0 Å². The smallest absolute Gasteiger partial charge is 0.137 e. The van der Waals surface area contributed by atoms with Crippen molar-refractivity contribution in [2.75, 3.05) is 4.90 Å². The Labute approximate surface area is 345 Å². The van der Waals surface area contributed by atoms with Crippen LogP contribution in [0.2, 0.25) is 0 Å². The van der Waals surface area contributed by atoms with Crippen LogP contribution in [0.1, 0.15) is 25.0 Å². The van der Waals surface area contributed by atoms with E-state index in [-0.39, 0.29) is 5.41 Å². The lowest BCUT2D eigenvalue weighted by atomic mass is 9.82. The summed E-state index contributed by atoms with van der Waals surface area (Å²) in [7, 11) is 0. The molecule has 0 N–H and O–H groups in total. The minimum atomic E-state index is -0.0725. The highest BCUT2D eigenvalue weighted by atomic mass is 16.3. The molecule has 280 valence electrons. The lowest BCUT2D eigenvalue weighted by Gasteiger charge is -2.31. The number of fused-ring (bicyclic) bond motifs is 6. The molecule has 0 unspecified atom stereocenters. The molecule has 0 amide bonds. The van der Waals surface area contributed by atoms with Crippen molar-refractivity contribution in [2.24, 2.45) is 0 Å². The average Bonchev–Trinajstić information content (AvgIpc) is 3.78. The van der Waals surface area contributed by atoms with Crippen LogP contribution in [-0.2, 0) is 5.41 Å². The van der Waals surface area contributed by atoms with Gasteiger partial charge in [-0.05, 0) is 92.0 Å². The third-order valence-corrected chi connectivity index (χ3v) is 12.3. The van der Waals surface area contributed by atoms with Gasteiger partial charge in [0.05, 0.1) is 11.4 Å². The van der Waals surface area contributed by atoms with Gasteiger partial charge in [-0.3, -0.25) is 0 Å². The van der Waals surface area contributed by atoms with Crippen LogP contribution in [0.25, 0.3) is 77.6 Å². The number of hydrogen-bond donors (Lipinski definition) is 0. The van der Waals surface area contributed by atoms with Crippen LogP contribution in [0.15, 0.2) is 217 Å². The van der Waals surface area contributed by atoms with Crippen molar-refractivity contribution >= 4 is 39.0 Å². The standard InChI is InChI=1S/C57H41NO/c1-57(2)50-28-14-11-24-45(50)49-36-40(32-35-51(49)57)43-23-12-15-29-52(43)58(41-33-34-47-46-25-13-16-31-54(46)59-55(47)37-41)53-30-17-27-44(39-20-7-4-8-21-39)56(53)48-26-10-9-22-42(48)38-18-5-3-6-19-38/h3-37H,1-2H3. The fourth-order valence-electron chi connectivity index (χ4n) is 9.50. The van der Waals surface area contributed by atoms with Crippen molar-refractivity contribution in [3.05, 3.63) is 223 Å². The summed E-state index contributed by atoms with van der Waals surface area (Å²) in [6.45, 7) is 4.69. The van der Waals surface area contributed by atoms with E-state index in [0.717, 1.165) is 66.8 Å². The van der Waals surface area contributed by atoms with Crippen molar-refractivity contribution in [3.8, 4) is 55.6 Å². The van der Waals surface area contributed by atoms with E-state index in [0.29, 0.717) is 0 Å². The molecular weight excluding hydrogens is 715 g/mol. The zero-order valence-electron chi connectivity index (χ0n) is 33.1. The monoisotopic (exact) mass is 755 g/mol. The number of para-hydroxylation sites is 2. The molecule has 2 nitrogen and oxygen atoms in total. The van der Waals surface area contributed by atoms with Crippen molar-refractivity contribution in [1.29, 1.82) is 0 Å². The summed E-state index contributed by atoms with van der Waals surface area (Å²) in [5, 5.41) is 2.22. The Hall–Kier alpha value is -7.42. The quantitative estimate of drug-likeness (QED) is 0.161. The second-order valence-corrected chi connectivity index (χ2v) is 16.0. The summed E-state index contributed by atoms with van der Waals surface area (Å²) in [4.78, 5) is 2.45. The molecule has 59 heavy (non-hydrogen) atoms. The zero-order chi connectivity index (χ0) is 39.5. The number of anilines is 3. The molecule has 0 bridgehead atoms. The van der Waals surface area contributed by atoms with Crippen LogP contribution in [0.4, 0.5) is 17.1 Å². The van der Waals surface area contributed by atoms with Gasteiger partial charge in [-0.2, -0.15) is 0 Å². The molecule has 0 saturated carbocycles. The number of rotatable bonds is 7. The highest BCUT2D eigenvalue weighted by Gasteiger charge is 2.35. The molecule has 1 aliphatic rings. The molecule has 0 saturated heterocycles. The van der Waals surface area contributed by atoms with Crippen molar-refractivity contribution in [2.45, 2.75) is 19.3 Å². The molecular formula is C57H41NO. The Morgan fingerprint density at radius 2 is 0.932 bits per heavy atom. The highest BCUT2D eigenvalue weighted by Crippen LogP contribution is 2.53. The zero-order valence-corrected chi connectivity index (χ0v) is 33.1. The normalized spacial score (nSPS) is 12.7. The van der Waals surface area contributed by atoms with Crippen LogP contribution < -0.4 is 4.90 Å². The molecule has 10 aromatic rings. The summed E-state index contributed by atoms with van der Waals surface area (Å²) >= 11 is 0. The summed E-state index contributed by atoms with van der Waals surface area (Å²) < 4.78 is 6.59. The van der Waals surface area contributed by atoms with Crippen molar-refractivity contribution < 1.29 is 4.42 Å². The minimum absolute atomic E-state index is 0.0725. The molecule has 1 aromatic heterocycles. The maximum absolute atomic E-state index is 6.59. The molecule has 2 heteroatoms. The summed E-state index contributed by atoms with van der Waals surface area (Å²) in [5.41, 5.74) is 19.5. The van der Waals surface area contributed by atoms with E-state index >= 15 is 0 Å². The molecule has 9 aromatic carbocycles. The van der Waals surface area contributed by atoms with Gasteiger partial charge in [0.2, 0.25) is 0 Å². The fraction of sp³-hybridized carbons (Fsp3) is 0.0526. The number of hydrogen-bond acceptors (Lipinski definition) is 2. The maximum Gasteiger partial charge on any atom is 0.137 e. The second kappa shape index (κ2) is 13.9. The second-order valence-electron chi connectivity index (χ2n) is 16.0. The first kappa shape index (κ1) is 34.8. The minimum Gasteiger partial charge on any atom is -0.456 e. The van der Waals surface area contributed by atoms with Gasteiger partial charge in [-0.25, -0.2) is 0 Å². The van der Waals surface area contributed by atoms with E-state index in [2.05, 4.69) is 225 Å². The van der Waals surface area contributed by atoms with E-state index in [4.69, 9.17) is 4.42 Å². The van der Waals surface area contributed by atoms with Crippen LogP contribution in [0, 0.1) is 0 Å². The van der Waals surface area contributed by atoms with Crippen molar-refractivity contribution in [1.82, 2.24) is 0 Å². The van der Waals surface area contributed by atoms with Gasteiger partial charge < -0.3 is 9.32 Å². The Morgan fingerprint density at radius 3 is 1.73 bits per heavy atom. The Balaban J connectivity index is 1.21. The van der Waals surface area contributed by atoms with E-state index < -0.39 is 0 Å². The predicted octanol–water partition coefficient (Wildman–Crippen LogP) is 16.0. The Bertz CT molecular complexity index is 3190. The van der Waals surface area contributed by atoms with Gasteiger partial charge in [-0.1, -0.05) is 184 Å². The maximum atomic E-state index is 6.59. The lowest BCUT2D eigenvalue weighted by Crippen LogP contribution is -2.15. The third-order valence-electron chi connectivity index (χ3n) is 12.3. The molecule has 0 radical (unpaired) electrons. The molecule has 1 heterocycles. The van der Waals surface area contributed by atoms with Gasteiger partial charge in [0.25, 0.3) is 0 Å². The van der Waals surface area contributed by atoms with Gasteiger partial charge in [-0.15, -0.1) is 0 Å². The molecule has 0 atom stereocenters. The summed E-state index contributed by atoms with van der Waals surface area (Å²) in [6.07, 6.45) is 0. The molecule has 1 aliphatic carbocycles. The van der Waals surface area contributed by atoms with Crippen LogP contribution in [-0.4, -0.2) is 0 Å². The van der Waals surface area contributed by atoms with E-state index in [1.165, 1.54) is 38.9 Å². The van der Waals surface area contributed by atoms with Gasteiger partial charge >= 0.3 is 0 Å². The molecule has 0 fully saturated rings. The van der Waals surface area contributed by atoms with Crippen LogP contribution >= 0.6 is 0 Å². The fourth-order valence-corrected chi connectivity index (χ4v) is 9.50. The number of furan rings is 1. The average molecular weight is 756 g/mol. The third kappa shape index (κ3) is 5.71. The van der Waals surface area contributed by atoms with Crippen LogP contribution in [0.5, 0.6) is 0 Å². The Morgan fingerprint density at radius 1 is 0.356 bits per heavy atom. The predicted molar refractivity (Wildman–Crippen MR) is 248 cm³/mol. The first-order chi connectivity index (χ1) is 29.0. The molecule has 0 aliphatic heterocycles. The lowest BCUT2D eigenvalue weighted by molar-refractivity contribution is 0.660. The number of nitrogens with zero attached hydrogens (tertiary/aromatic N) is 1. The SMILES string of the molecule is CC1(C)c2ccccc2-c2cc(-c3ccccc3N(c3ccc4c(c3)oc3ccccc34)c3cccc(-c4ccccc4)c3-c3ccccc3-c3ccccc3)ccc21. The van der Waals surface area contributed by atoms with Gasteiger partial charge in [0, 0.05) is 39.1 Å². The first-order valence-corrected chi connectivity index (χ1v) is 20.4. The van der Waals surface area contributed by atoms with E-state index in [1.807, 2.05) is 6.07 Å². The first-order valence-electron chi connectivity index (χ1n) is 20.4. The summed E-state index contributed by atoms with van der Waals surface area (Å²) in [6, 6.07) is 77.0. The molecule has 11 rings (SSSR count). The van der Waals surface area contributed by atoms with E-state index in [1.54, 1.807) is 0 Å². The Kier molecular flexibility index (Phi) is 8.20. The largest absolute Gasteiger partial charge is 0.456 e. The number of benzene rings is 9. The van der Waals surface area contributed by atoms with Gasteiger partial charge in [0.15, 0.2) is 0 Å². The van der Waals surface area contributed by atoms with Gasteiger partial charge in [0.1, 0.15) is 11.2 Å². The highest BCUT2D eigenvalue weighted by molar-refractivity contribution is 6.08. The molecule has 0 spiro atoms. The van der Waals surface area contributed by atoms with Crippen molar-refractivity contribution in [3.63, 3.8) is 0 Å². The topological polar surface area (TPSA) is 16.4 Å². The summed E-state index contributed by atoms with van der Waals surface area (Å²) in [5.74, 6) is 0.